The molecule has 0 unspecified atom stereocenters. The van der Waals surface area contributed by atoms with E-state index >= 15 is 0 Å². The average Bonchev–Trinajstić information content (AvgIpc) is 2.90. The molecule has 15 heavy (non-hydrogen) atoms. The average molecular weight is 220 g/mol. The maximum absolute atomic E-state index is 11.4. The third kappa shape index (κ3) is 2.54. The van der Waals surface area contributed by atoms with Gasteiger partial charge in [0.2, 0.25) is 0 Å². The van der Waals surface area contributed by atoms with E-state index in [2.05, 4.69) is 10.5 Å². The minimum Gasteiger partial charge on any atom is -0.472 e. The lowest BCUT2D eigenvalue weighted by Crippen LogP contribution is -2.15. The van der Waals surface area contributed by atoms with E-state index in [-0.39, 0.29) is 5.91 Å². The quantitative estimate of drug-likeness (QED) is 0.636. The van der Waals surface area contributed by atoms with Gasteiger partial charge >= 0.3 is 0 Å². The molecule has 0 saturated heterocycles. The van der Waals surface area contributed by atoms with E-state index in [4.69, 9.17) is 4.42 Å². The molecule has 0 radical (unpaired) electrons. The minimum atomic E-state index is -0.204. The van der Waals surface area contributed by atoms with Crippen LogP contribution in [0.1, 0.15) is 15.2 Å². The molecule has 0 saturated carbocycles. The molecule has 76 valence electrons. The van der Waals surface area contributed by atoms with Gasteiger partial charge in [-0.3, -0.25) is 4.79 Å². The zero-order valence-corrected chi connectivity index (χ0v) is 8.53. The van der Waals surface area contributed by atoms with Crippen LogP contribution in [0.15, 0.2) is 45.6 Å². The molecular formula is C10H8N2O2S. The van der Waals surface area contributed by atoms with Gasteiger partial charge in [0.25, 0.3) is 5.91 Å². The van der Waals surface area contributed by atoms with Crippen LogP contribution in [-0.4, -0.2) is 12.1 Å². The predicted octanol–water partition coefficient (Wildman–Crippen LogP) is 2.10. The van der Waals surface area contributed by atoms with Crippen LogP contribution < -0.4 is 5.43 Å². The Morgan fingerprint density at radius 3 is 3.13 bits per heavy atom. The largest absolute Gasteiger partial charge is 0.472 e. The van der Waals surface area contributed by atoms with Gasteiger partial charge in [0, 0.05) is 5.56 Å². The van der Waals surface area contributed by atoms with Gasteiger partial charge in [-0.25, -0.2) is 5.43 Å². The summed E-state index contributed by atoms with van der Waals surface area (Å²) in [6.45, 7) is 0. The zero-order valence-electron chi connectivity index (χ0n) is 7.71. The molecule has 0 aliphatic rings. The summed E-state index contributed by atoms with van der Waals surface area (Å²) in [4.78, 5) is 12.0. The maximum atomic E-state index is 11.4. The lowest BCUT2D eigenvalue weighted by molar-refractivity contribution is 0.0959. The fourth-order valence-electron chi connectivity index (χ4n) is 0.977. The number of thiophene rings is 1. The third-order valence-electron chi connectivity index (χ3n) is 1.67. The summed E-state index contributed by atoms with van der Waals surface area (Å²) in [5, 5.41) is 5.63. The van der Waals surface area contributed by atoms with E-state index in [0.717, 1.165) is 5.56 Å². The highest BCUT2D eigenvalue weighted by atomic mass is 32.1. The van der Waals surface area contributed by atoms with Gasteiger partial charge in [-0.1, -0.05) is 6.07 Å². The zero-order chi connectivity index (χ0) is 10.5. The Hall–Kier alpha value is -1.88. The normalized spacial score (nSPS) is 10.7. The highest BCUT2D eigenvalue weighted by molar-refractivity contribution is 7.12. The summed E-state index contributed by atoms with van der Waals surface area (Å²) in [6, 6.07) is 5.31. The molecule has 2 aromatic rings. The van der Waals surface area contributed by atoms with Crippen molar-refractivity contribution in [2.45, 2.75) is 0 Å². The molecule has 2 heterocycles. The molecule has 0 aromatic carbocycles. The highest BCUT2D eigenvalue weighted by Gasteiger charge is 2.03. The Morgan fingerprint density at radius 1 is 1.53 bits per heavy atom. The monoisotopic (exact) mass is 220 g/mol. The van der Waals surface area contributed by atoms with Gasteiger partial charge in [0.1, 0.15) is 0 Å². The second kappa shape index (κ2) is 4.56. The molecule has 0 aliphatic heterocycles. The van der Waals surface area contributed by atoms with Crippen molar-refractivity contribution in [3.63, 3.8) is 0 Å². The van der Waals surface area contributed by atoms with Crippen LogP contribution in [0, 0.1) is 0 Å². The molecule has 0 fully saturated rings. The molecule has 5 heteroatoms. The fourth-order valence-corrected chi connectivity index (χ4v) is 1.59. The van der Waals surface area contributed by atoms with Gasteiger partial charge in [0.05, 0.1) is 23.6 Å². The topological polar surface area (TPSA) is 54.6 Å². The van der Waals surface area contributed by atoms with Crippen molar-refractivity contribution in [3.05, 3.63) is 46.5 Å². The molecule has 2 rings (SSSR count). The standard InChI is InChI=1S/C10H8N2O2S/c13-10(9-2-1-5-15-9)12-11-6-8-3-4-14-7-8/h1-7H,(H,12,13)/b11-6+. The van der Waals surface area contributed by atoms with Crippen LogP contribution in [0.2, 0.25) is 0 Å². The molecule has 0 spiro atoms. The van der Waals surface area contributed by atoms with Crippen molar-refractivity contribution in [1.82, 2.24) is 5.43 Å². The summed E-state index contributed by atoms with van der Waals surface area (Å²) in [5.74, 6) is -0.204. The van der Waals surface area contributed by atoms with Crippen molar-refractivity contribution in [3.8, 4) is 0 Å². The lowest BCUT2D eigenvalue weighted by Gasteiger charge is -1.93. The Balaban J connectivity index is 1.91. The first-order valence-corrected chi connectivity index (χ1v) is 5.13. The Bertz CT molecular complexity index is 446. The number of carbonyl (C=O) groups is 1. The molecule has 1 amide bonds. The first-order valence-electron chi connectivity index (χ1n) is 4.25. The number of carbonyl (C=O) groups excluding carboxylic acids is 1. The van der Waals surface area contributed by atoms with Gasteiger partial charge in [-0.2, -0.15) is 5.10 Å². The molecule has 4 nitrogen and oxygen atoms in total. The Labute approximate surface area is 90.2 Å². The van der Waals surface area contributed by atoms with Crippen molar-refractivity contribution in [1.29, 1.82) is 0 Å². The second-order valence-electron chi connectivity index (χ2n) is 2.73. The van der Waals surface area contributed by atoms with Crippen LogP contribution in [0.3, 0.4) is 0 Å². The Morgan fingerprint density at radius 2 is 2.47 bits per heavy atom. The number of nitrogens with zero attached hydrogens (tertiary/aromatic N) is 1. The van der Waals surface area contributed by atoms with Crippen LogP contribution in [0.25, 0.3) is 0 Å². The summed E-state index contributed by atoms with van der Waals surface area (Å²) in [5.41, 5.74) is 3.23. The van der Waals surface area contributed by atoms with Crippen molar-refractivity contribution in [2.75, 3.05) is 0 Å². The first kappa shape index (κ1) is 9.67. The van der Waals surface area contributed by atoms with Crippen LogP contribution in [-0.2, 0) is 0 Å². The van der Waals surface area contributed by atoms with Crippen molar-refractivity contribution in [2.24, 2.45) is 5.10 Å². The van der Waals surface area contributed by atoms with Gasteiger partial charge in [0.15, 0.2) is 0 Å². The molecule has 0 atom stereocenters. The van der Waals surface area contributed by atoms with E-state index in [1.54, 1.807) is 24.7 Å². The molecule has 2 aromatic heterocycles. The summed E-state index contributed by atoms with van der Waals surface area (Å²) in [6.07, 6.45) is 4.61. The molecule has 0 bridgehead atoms. The number of furan rings is 1. The number of rotatable bonds is 3. The molecule has 0 aliphatic carbocycles. The van der Waals surface area contributed by atoms with Gasteiger partial charge in [-0.05, 0) is 17.5 Å². The highest BCUT2D eigenvalue weighted by Crippen LogP contribution is 2.07. The number of amides is 1. The fraction of sp³-hybridized carbons (Fsp3) is 0. The summed E-state index contributed by atoms with van der Waals surface area (Å²) in [7, 11) is 0. The van der Waals surface area contributed by atoms with E-state index in [1.165, 1.54) is 17.6 Å². The SMILES string of the molecule is O=C(N/N=C/c1ccoc1)c1cccs1. The summed E-state index contributed by atoms with van der Waals surface area (Å²) < 4.78 is 4.84. The number of hydrogen-bond acceptors (Lipinski definition) is 4. The van der Waals surface area contributed by atoms with Crippen LogP contribution in [0.5, 0.6) is 0 Å². The van der Waals surface area contributed by atoms with Crippen LogP contribution >= 0.6 is 11.3 Å². The number of nitrogens with one attached hydrogen (secondary N) is 1. The van der Waals surface area contributed by atoms with E-state index in [0.29, 0.717) is 4.88 Å². The summed E-state index contributed by atoms with van der Waals surface area (Å²) >= 11 is 1.37. The van der Waals surface area contributed by atoms with E-state index in [1.807, 2.05) is 11.4 Å². The minimum absolute atomic E-state index is 0.204. The van der Waals surface area contributed by atoms with Crippen molar-refractivity contribution < 1.29 is 9.21 Å². The van der Waals surface area contributed by atoms with Crippen molar-refractivity contribution >= 4 is 23.5 Å². The number of hydrazone groups is 1. The first-order chi connectivity index (χ1) is 7.36. The van der Waals surface area contributed by atoms with E-state index < -0.39 is 0 Å². The van der Waals surface area contributed by atoms with Crippen LogP contribution in [0.4, 0.5) is 0 Å². The smallest absolute Gasteiger partial charge is 0.281 e. The maximum Gasteiger partial charge on any atom is 0.281 e. The lowest BCUT2D eigenvalue weighted by atomic mass is 10.4. The van der Waals surface area contributed by atoms with Gasteiger partial charge in [-0.15, -0.1) is 11.3 Å². The third-order valence-corrected chi connectivity index (χ3v) is 2.54. The Kier molecular flexibility index (Phi) is 2.94. The second-order valence-corrected chi connectivity index (χ2v) is 3.68. The van der Waals surface area contributed by atoms with Gasteiger partial charge < -0.3 is 4.42 Å². The molecule has 1 N–H and O–H groups in total. The number of hydrogen-bond donors (Lipinski definition) is 1. The predicted molar refractivity (Wildman–Crippen MR) is 58.1 cm³/mol. The molecular weight excluding hydrogens is 212 g/mol. The van der Waals surface area contributed by atoms with E-state index in [9.17, 15) is 4.79 Å².